The minimum atomic E-state index is -2.85. The number of aromatic nitrogens is 4. The summed E-state index contributed by atoms with van der Waals surface area (Å²) in [5, 5.41) is 8.29. The summed E-state index contributed by atoms with van der Waals surface area (Å²) in [5.74, 6) is 0.0381. The molecule has 0 aliphatic heterocycles. The van der Waals surface area contributed by atoms with Crippen molar-refractivity contribution in [3.8, 4) is 5.75 Å². The average Bonchev–Trinajstić information content (AvgIpc) is 3.03. The molecule has 0 amide bonds. The third-order valence-electron chi connectivity index (χ3n) is 3.26. The first-order valence-electron chi connectivity index (χ1n) is 7.31. The molecule has 128 valence electrons. The molecule has 0 bridgehead atoms. The van der Waals surface area contributed by atoms with Gasteiger partial charge in [-0.05, 0) is 12.1 Å². The number of imidazole rings is 1. The minimum Gasteiger partial charge on any atom is -0.433 e. The molecular weight excluding hydrogens is 336 g/mol. The standard InChI is InChI=1S/C15H17F2N5OS/c1-15(2,3)11-8-22-14(20-11)24-13(21-22)19-6-9-4-5-10(7-18-9)23-12(16)17/h4-5,7-8,12H,6H2,1-3H3,(H,19,21). The Kier molecular flexibility index (Phi) is 4.35. The first-order chi connectivity index (χ1) is 11.3. The maximum Gasteiger partial charge on any atom is 0.387 e. The molecule has 0 aliphatic rings. The lowest BCUT2D eigenvalue weighted by Gasteiger charge is -2.13. The molecule has 0 fully saturated rings. The van der Waals surface area contributed by atoms with Crippen molar-refractivity contribution in [3.05, 3.63) is 35.9 Å². The molecule has 0 saturated heterocycles. The zero-order valence-corrected chi connectivity index (χ0v) is 14.3. The second-order valence-electron chi connectivity index (χ2n) is 6.23. The maximum absolute atomic E-state index is 12.1. The van der Waals surface area contributed by atoms with E-state index in [1.807, 2.05) is 6.20 Å². The molecular formula is C15H17F2N5OS. The van der Waals surface area contributed by atoms with E-state index >= 15 is 0 Å². The van der Waals surface area contributed by atoms with E-state index < -0.39 is 6.61 Å². The van der Waals surface area contributed by atoms with Gasteiger partial charge in [0.2, 0.25) is 10.1 Å². The van der Waals surface area contributed by atoms with Crippen molar-refractivity contribution >= 4 is 21.4 Å². The van der Waals surface area contributed by atoms with Crippen LogP contribution in [0.4, 0.5) is 13.9 Å². The van der Waals surface area contributed by atoms with Gasteiger partial charge >= 0.3 is 6.61 Å². The van der Waals surface area contributed by atoms with Crippen molar-refractivity contribution in [3.63, 3.8) is 0 Å². The van der Waals surface area contributed by atoms with Crippen molar-refractivity contribution in [2.24, 2.45) is 0 Å². The Bertz CT molecular complexity index is 791. The second kappa shape index (κ2) is 6.31. The number of fused-ring (bicyclic) bond motifs is 1. The van der Waals surface area contributed by atoms with Crippen LogP contribution < -0.4 is 10.1 Å². The topological polar surface area (TPSA) is 64.3 Å². The number of alkyl halides is 2. The predicted molar refractivity (Wildman–Crippen MR) is 87.8 cm³/mol. The van der Waals surface area contributed by atoms with Crippen molar-refractivity contribution in [2.45, 2.75) is 39.3 Å². The van der Waals surface area contributed by atoms with Crippen LogP contribution in [0.1, 0.15) is 32.2 Å². The molecule has 0 aromatic carbocycles. The van der Waals surface area contributed by atoms with Gasteiger partial charge in [-0.1, -0.05) is 32.1 Å². The monoisotopic (exact) mass is 353 g/mol. The van der Waals surface area contributed by atoms with Crippen LogP contribution in [-0.4, -0.2) is 26.2 Å². The van der Waals surface area contributed by atoms with Crippen molar-refractivity contribution in [2.75, 3.05) is 5.32 Å². The van der Waals surface area contributed by atoms with E-state index in [1.54, 1.807) is 10.6 Å². The number of ether oxygens (including phenoxy) is 1. The predicted octanol–water partition coefficient (Wildman–Crippen LogP) is 3.70. The molecule has 0 unspecified atom stereocenters. The zero-order chi connectivity index (χ0) is 17.3. The molecule has 0 aliphatic carbocycles. The largest absolute Gasteiger partial charge is 0.433 e. The molecule has 0 radical (unpaired) electrons. The minimum absolute atomic E-state index is 0.0209. The number of nitrogens with one attached hydrogen (secondary N) is 1. The quantitative estimate of drug-likeness (QED) is 0.758. The summed E-state index contributed by atoms with van der Waals surface area (Å²) in [7, 11) is 0. The first kappa shape index (κ1) is 16.6. The summed E-state index contributed by atoms with van der Waals surface area (Å²) in [6.45, 7) is 3.89. The third kappa shape index (κ3) is 3.78. The molecule has 0 atom stereocenters. The van der Waals surface area contributed by atoms with E-state index in [2.05, 4.69) is 45.9 Å². The van der Waals surface area contributed by atoms with E-state index in [0.717, 1.165) is 10.7 Å². The van der Waals surface area contributed by atoms with E-state index in [4.69, 9.17) is 0 Å². The number of pyridine rings is 1. The summed E-state index contributed by atoms with van der Waals surface area (Å²) >= 11 is 1.44. The fraction of sp³-hybridized carbons (Fsp3) is 0.400. The van der Waals surface area contributed by atoms with Crippen molar-refractivity contribution in [1.82, 2.24) is 19.6 Å². The first-order valence-corrected chi connectivity index (χ1v) is 8.13. The van der Waals surface area contributed by atoms with E-state index in [-0.39, 0.29) is 11.2 Å². The molecule has 3 heterocycles. The molecule has 3 aromatic rings. The van der Waals surface area contributed by atoms with E-state index in [0.29, 0.717) is 17.4 Å². The van der Waals surface area contributed by atoms with Gasteiger partial charge < -0.3 is 10.1 Å². The SMILES string of the molecule is CC(C)(C)c1cn2nc(NCc3ccc(OC(F)F)cn3)sc2n1. The fourth-order valence-corrected chi connectivity index (χ4v) is 2.76. The number of nitrogens with zero attached hydrogens (tertiary/aromatic N) is 4. The Balaban J connectivity index is 1.64. The molecule has 3 aromatic heterocycles. The Morgan fingerprint density at radius 2 is 2.12 bits per heavy atom. The Labute approximate surface area is 141 Å². The lowest BCUT2D eigenvalue weighted by molar-refractivity contribution is -0.0500. The van der Waals surface area contributed by atoms with Gasteiger partial charge in [-0.3, -0.25) is 4.98 Å². The molecule has 6 nitrogen and oxygen atoms in total. The smallest absolute Gasteiger partial charge is 0.387 e. The van der Waals surface area contributed by atoms with Gasteiger partial charge in [0.25, 0.3) is 0 Å². The highest BCUT2D eigenvalue weighted by Crippen LogP contribution is 2.25. The van der Waals surface area contributed by atoms with Gasteiger partial charge in [0.1, 0.15) is 5.75 Å². The molecule has 1 N–H and O–H groups in total. The number of hydrogen-bond donors (Lipinski definition) is 1. The highest BCUT2D eigenvalue weighted by Gasteiger charge is 2.19. The summed E-state index contributed by atoms with van der Waals surface area (Å²) < 4.78 is 30.2. The lowest BCUT2D eigenvalue weighted by Crippen LogP contribution is -2.11. The van der Waals surface area contributed by atoms with Gasteiger partial charge in [-0.25, -0.2) is 9.50 Å². The van der Waals surface area contributed by atoms with Crippen LogP contribution in [0.5, 0.6) is 5.75 Å². The average molecular weight is 353 g/mol. The lowest BCUT2D eigenvalue weighted by atomic mass is 9.93. The van der Waals surface area contributed by atoms with Crippen LogP contribution >= 0.6 is 11.3 Å². The van der Waals surface area contributed by atoms with Gasteiger partial charge in [0, 0.05) is 5.41 Å². The normalized spacial score (nSPS) is 12.1. The van der Waals surface area contributed by atoms with Crippen LogP contribution in [0.25, 0.3) is 4.96 Å². The van der Waals surface area contributed by atoms with Crippen LogP contribution in [-0.2, 0) is 12.0 Å². The second-order valence-corrected chi connectivity index (χ2v) is 7.18. The summed E-state index contributed by atoms with van der Waals surface area (Å²) in [6, 6.07) is 3.08. The molecule has 9 heteroatoms. The molecule has 3 rings (SSSR count). The van der Waals surface area contributed by atoms with Crippen molar-refractivity contribution < 1.29 is 13.5 Å². The number of anilines is 1. The third-order valence-corrected chi connectivity index (χ3v) is 4.14. The van der Waals surface area contributed by atoms with Gasteiger partial charge in [-0.2, -0.15) is 8.78 Å². The number of rotatable bonds is 5. The van der Waals surface area contributed by atoms with Crippen LogP contribution in [0.3, 0.4) is 0 Å². The van der Waals surface area contributed by atoms with Crippen molar-refractivity contribution in [1.29, 1.82) is 0 Å². The van der Waals surface area contributed by atoms with E-state index in [1.165, 1.54) is 23.6 Å². The maximum atomic E-state index is 12.1. The Morgan fingerprint density at radius 1 is 1.33 bits per heavy atom. The Morgan fingerprint density at radius 3 is 2.71 bits per heavy atom. The number of hydrogen-bond acceptors (Lipinski definition) is 6. The van der Waals surface area contributed by atoms with Crippen LogP contribution in [0, 0.1) is 0 Å². The Hall–Kier alpha value is -2.29. The zero-order valence-electron chi connectivity index (χ0n) is 13.5. The summed E-state index contributed by atoms with van der Waals surface area (Å²) in [5.41, 5.74) is 1.66. The van der Waals surface area contributed by atoms with Gasteiger partial charge in [0.05, 0.1) is 30.3 Å². The fourth-order valence-electron chi connectivity index (χ4n) is 1.99. The van der Waals surface area contributed by atoms with Gasteiger partial charge in [-0.15, -0.1) is 5.10 Å². The van der Waals surface area contributed by atoms with Gasteiger partial charge in [0.15, 0.2) is 0 Å². The molecule has 24 heavy (non-hydrogen) atoms. The highest BCUT2D eigenvalue weighted by atomic mass is 32.1. The summed E-state index contributed by atoms with van der Waals surface area (Å²) in [4.78, 5) is 9.46. The summed E-state index contributed by atoms with van der Waals surface area (Å²) in [6.07, 6.45) is 3.19. The van der Waals surface area contributed by atoms with Crippen LogP contribution in [0.2, 0.25) is 0 Å². The highest BCUT2D eigenvalue weighted by molar-refractivity contribution is 7.20. The molecule has 0 spiro atoms. The van der Waals surface area contributed by atoms with E-state index in [9.17, 15) is 8.78 Å². The molecule has 0 saturated carbocycles. The number of halogens is 2. The van der Waals surface area contributed by atoms with Crippen LogP contribution in [0.15, 0.2) is 24.5 Å².